The number of piperidine rings is 1. The van der Waals surface area contributed by atoms with E-state index in [1.54, 1.807) is 0 Å². The van der Waals surface area contributed by atoms with E-state index in [1.807, 2.05) is 67.6 Å². The van der Waals surface area contributed by atoms with Crippen molar-refractivity contribution in [1.29, 1.82) is 0 Å². The van der Waals surface area contributed by atoms with Crippen molar-refractivity contribution in [1.82, 2.24) is 15.5 Å². The van der Waals surface area contributed by atoms with Crippen LogP contribution in [0.5, 0.6) is 0 Å². The molecule has 40 heavy (non-hydrogen) atoms. The van der Waals surface area contributed by atoms with Gasteiger partial charge < -0.3 is 20.6 Å². The standard InChI is InChI=1S/C35H45N3O2/c1-27(35(40,31-15-7-3-8-16-31)32-17-9-4-10-18-32)36-34(39)37-33-21-19-28(20-22-33)23-25-38-24-11-14-30(26-38)29-12-5-2-6-13-29/h2-10,12-13,15-18,27-28,30,33,40H,11,14,19-26H2,1H3,(H2,36,37,39). The SMILES string of the molecule is CC(NC(=O)NC1CCC(CCN2CCCC(c3ccccc3)C2)CC1)C(O)(c1ccccc1)c1ccccc1. The summed E-state index contributed by atoms with van der Waals surface area (Å²) in [4.78, 5) is 15.7. The average Bonchev–Trinajstić information content (AvgIpc) is 3.01. The molecule has 0 bridgehead atoms. The van der Waals surface area contributed by atoms with Gasteiger partial charge in [-0.05, 0) is 93.5 Å². The molecule has 0 aromatic heterocycles. The highest BCUT2D eigenvalue weighted by molar-refractivity contribution is 5.75. The molecule has 3 N–H and O–H groups in total. The molecule has 5 nitrogen and oxygen atoms in total. The monoisotopic (exact) mass is 539 g/mol. The molecule has 1 saturated carbocycles. The van der Waals surface area contributed by atoms with E-state index in [2.05, 4.69) is 45.9 Å². The lowest BCUT2D eigenvalue weighted by molar-refractivity contribution is 0.0470. The van der Waals surface area contributed by atoms with Gasteiger partial charge in [0.25, 0.3) is 0 Å². The minimum atomic E-state index is -1.33. The predicted molar refractivity (Wildman–Crippen MR) is 162 cm³/mol. The predicted octanol–water partition coefficient (Wildman–Crippen LogP) is 6.44. The average molecular weight is 540 g/mol. The summed E-state index contributed by atoms with van der Waals surface area (Å²) in [5, 5.41) is 18.2. The van der Waals surface area contributed by atoms with E-state index in [1.165, 1.54) is 44.5 Å². The van der Waals surface area contributed by atoms with Crippen LogP contribution < -0.4 is 10.6 Å². The highest BCUT2D eigenvalue weighted by Gasteiger charge is 2.38. The Hall–Kier alpha value is -3.15. The minimum absolute atomic E-state index is 0.183. The molecule has 2 amide bonds. The summed E-state index contributed by atoms with van der Waals surface area (Å²) in [6.45, 7) is 5.45. The topological polar surface area (TPSA) is 64.6 Å². The highest BCUT2D eigenvalue weighted by Crippen LogP contribution is 2.33. The molecular weight excluding hydrogens is 494 g/mol. The molecule has 5 heteroatoms. The summed E-state index contributed by atoms with van der Waals surface area (Å²) in [6.07, 6.45) is 8.18. The van der Waals surface area contributed by atoms with Gasteiger partial charge in [0.15, 0.2) is 0 Å². The van der Waals surface area contributed by atoms with Gasteiger partial charge in [0.1, 0.15) is 5.60 Å². The number of rotatable bonds is 9. The molecule has 1 saturated heterocycles. The molecule has 1 heterocycles. The third-order valence-electron chi connectivity index (χ3n) is 9.21. The Morgan fingerprint density at radius 1 is 0.875 bits per heavy atom. The number of amides is 2. The van der Waals surface area contributed by atoms with Gasteiger partial charge in [-0.15, -0.1) is 0 Å². The number of nitrogens with one attached hydrogen (secondary N) is 2. The molecule has 2 aliphatic rings. The molecule has 0 radical (unpaired) electrons. The number of carbonyl (C=O) groups excluding carboxylic acids is 1. The van der Waals surface area contributed by atoms with E-state index in [0.717, 1.165) is 42.7 Å². The summed E-state index contributed by atoms with van der Waals surface area (Å²) in [7, 11) is 0. The lowest BCUT2D eigenvalue weighted by Crippen LogP contribution is -2.54. The van der Waals surface area contributed by atoms with Gasteiger partial charge in [-0.1, -0.05) is 91.0 Å². The third kappa shape index (κ3) is 6.94. The first-order valence-corrected chi connectivity index (χ1v) is 15.2. The summed E-state index contributed by atoms with van der Waals surface area (Å²) in [6, 6.07) is 29.6. The zero-order valence-corrected chi connectivity index (χ0v) is 23.8. The van der Waals surface area contributed by atoms with E-state index in [-0.39, 0.29) is 12.1 Å². The Labute approximate surface area is 240 Å². The lowest BCUT2D eigenvalue weighted by atomic mass is 9.81. The Morgan fingerprint density at radius 3 is 2.05 bits per heavy atom. The third-order valence-corrected chi connectivity index (χ3v) is 9.21. The summed E-state index contributed by atoms with van der Waals surface area (Å²) in [5.41, 5.74) is 1.68. The van der Waals surface area contributed by atoms with Gasteiger partial charge in [0, 0.05) is 12.6 Å². The second-order valence-electron chi connectivity index (χ2n) is 11.9. The zero-order chi connectivity index (χ0) is 27.8. The fourth-order valence-electron chi connectivity index (χ4n) is 6.80. The molecule has 2 fully saturated rings. The normalized spacial score (nSPS) is 22.8. The maximum absolute atomic E-state index is 13.1. The first-order chi connectivity index (χ1) is 19.5. The molecule has 0 spiro atoms. The molecule has 3 aromatic carbocycles. The van der Waals surface area contributed by atoms with Gasteiger partial charge in [-0.2, -0.15) is 0 Å². The van der Waals surface area contributed by atoms with Crippen LogP contribution in [0.2, 0.25) is 0 Å². The second-order valence-corrected chi connectivity index (χ2v) is 11.9. The van der Waals surface area contributed by atoms with E-state index < -0.39 is 11.6 Å². The first kappa shape index (κ1) is 28.4. The Bertz CT molecular complexity index is 1140. The summed E-state index contributed by atoms with van der Waals surface area (Å²) < 4.78 is 0. The van der Waals surface area contributed by atoms with Crippen LogP contribution in [0.1, 0.15) is 74.5 Å². The van der Waals surface area contributed by atoms with Gasteiger partial charge in [0.05, 0.1) is 6.04 Å². The van der Waals surface area contributed by atoms with Crippen LogP contribution in [0.3, 0.4) is 0 Å². The van der Waals surface area contributed by atoms with Crippen molar-refractivity contribution >= 4 is 6.03 Å². The maximum atomic E-state index is 13.1. The number of urea groups is 1. The van der Waals surface area contributed by atoms with Crippen LogP contribution in [-0.4, -0.2) is 47.8 Å². The van der Waals surface area contributed by atoms with E-state index in [0.29, 0.717) is 5.92 Å². The number of nitrogens with zero attached hydrogens (tertiary/aromatic N) is 1. The number of hydrogen-bond donors (Lipinski definition) is 3. The number of aliphatic hydroxyl groups is 1. The largest absolute Gasteiger partial charge is 0.378 e. The lowest BCUT2D eigenvalue weighted by Gasteiger charge is -2.37. The maximum Gasteiger partial charge on any atom is 0.315 e. The highest BCUT2D eigenvalue weighted by atomic mass is 16.3. The fraction of sp³-hybridized carbons (Fsp3) is 0.457. The van der Waals surface area contributed by atoms with Crippen molar-refractivity contribution in [3.05, 3.63) is 108 Å². The molecule has 1 aliphatic heterocycles. The van der Waals surface area contributed by atoms with Crippen molar-refractivity contribution in [2.24, 2.45) is 5.92 Å². The molecule has 212 valence electrons. The van der Waals surface area contributed by atoms with Crippen molar-refractivity contribution in [3.8, 4) is 0 Å². The molecule has 2 atom stereocenters. The van der Waals surface area contributed by atoms with Crippen LogP contribution in [0, 0.1) is 5.92 Å². The summed E-state index contributed by atoms with van der Waals surface area (Å²) in [5.74, 6) is 1.40. The van der Waals surface area contributed by atoms with Crippen LogP contribution in [0.25, 0.3) is 0 Å². The van der Waals surface area contributed by atoms with E-state index in [4.69, 9.17) is 0 Å². The first-order valence-electron chi connectivity index (χ1n) is 15.2. The van der Waals surface area contributed by atoms with Crippen LogP contribution >= 0.6 is 0 Å². The molecule has 5 rings (SSSR count). The minimum Gasteiger partial charge on any atom is -0.378 e. The van der Waals surface area contributed by atoms with Crippen LogP contribution in [0.15, 0.2) is 91.0 Å². The number of carbonyl (C=O) groups is 1. The zero-order valence-electron chi connectivity index (χ0n) is 23.8. The van der Waals surface area contributed by atoms with Gasteiger partial charge in [-0.25, -0.2) is 4.79 Å². The molecule has 2 unspecified atom stereocenters. The van der Waals surface area contributed by atoms with Crippen molar-refractivity contribution in [3.63, 3.8) is 0 Å². The second kappa shape index (κ2) is 13.5. The van der Waals surface area contributed by atoms with Crippen LogP contribution in [-0.2, 0) is 5.60 Å². The number of likely N-dealkylation sites (tertiary alicyclic amines) is 1. The Morgan fingerprint density at radius 2 is 1.45 bits per heavy atom. The smallest absolute Gasteiger partial charge is 0.315 e. The van der Waals surface area contributed by atoms with E-state index >= 15 is 0 Å². The molecule has 1 aliphatic carbocycles. The van der Waals surface area contributed by atoms with Crippen molar-refractivity contribution in [2.45, 2.75) is 75.5 Å². The van der Waals surface area contributed by atoms with E-state index in [9.17, 15) is 9.90 Å². The molecular formula is C35H45N3O2. The van der Waals surface area contributed by atoms with Gasteiger partial charge in [-0.3, -0.25) is 0 Å². The van der Waals surface area contributed by atoms with Gasteiger partial charge in [0.2, 0.25) is 0 Å². The van der Waals surface area contributed by atoms with Gasteiger partial charge >= 0.3 is 6.03 Å². The van der Waals surface area contributed by atoms with Crippen LogP contribution in [0.4, 0.5) is 4.79 Å². The Balaban J connectivity index is 1.08. The Kier molecular flexibility index (Phi) is 9.56. The molecule has 3 aromatic rings. The summed E-state index contributed by atoms with van der Waals surface area (Å²) >= 11 is 0. The van der Waals surface area contributed by atoms with Crippen molar-refractivity contribution in [2.75, 3.05) is 19.6 Å². The number of hydrogen-bond acceptors (Lipinski definition) is 3. The number of benzene rings is 3. The van der Waals surface area contributed by atoms with Crippen molar-refractivity contribution < 1.29 is 9.90 Å². The fourth-order valence-corrected chi connectivity index (χ4v) is 6.80. The quantitative estimate of drug-likeness (QED) is 0.293.